The quantitative estimate of drug-likeness (QED) is 0.882. The lowest BCUT2D eigenvalue weighted by molar-refractivity contribution is 0.953. The molecular formula is C17H17N3. The van der Waals surface area contributed by atoms with Gasteiger partial charge in [0.2, 0.25) is 0 Å². The zero-order chi connectivity index (χ0) is 13.9. The number of allylic oxidation sites excluding steroid dienone is 2. The highest BCUT2D eigenvalue weighted by Crippen LogP contribution is 2.25. The second-order valence-corrected chi connectivity index (χ2v) is 5.09. The number of nitrogens with zero attached hydrogens (tertiary/aromatic N) is 2. The fraction of sp³-hybridized carbons (Fsp3) is 0.176. The fourth-order valence-corrected chi connectivity index (χ4v) is 2.13. The van der Waals surface area contributed by atoms with E-state index in [9.17, 15) is 0 Å². The summed E-state index contributed by atoms with van der Waals surface area (Å²) in [6, 6.07) is 8.28. The summed E-state index contributed by atoms with van der Waals surface area (Å²) < 4.78 is 0. The predicted octanol–water partition coefficient (Wildman–Crippen LogP) is 4.20. The fourth-order valence-electron chi connectivity index (χ4n) is 2.13. The van der Waals surface area contributed by atoms with Crippen LogP contribution in [-0.2, 0) is 0 Å². The van der Waals surface area contributed by atoms with Crippen LogP contribution < -0.4 is 5.32 Å². The predicted molar refractivity (Wildman–Crippen MR) is 83.7 cm³/mol. The van der Waals surface area contributed by atoms with E-state index in [1.54, 1.807) is 6.33 Å². The molecule has 3 nitrogen and oxygen atoms in total. The van der Waals surface area contributed by atoms with Gasteiger partial charge in [0.25, 0.3) is 0 Å². The van der Waals surface area contributed by atoms with Crippen LogP contribution in [0.1, 0.15) is 23.7 Å². The first-order chi connectivity index (χ1) is 9.72. The monoisotopic (exact) mass is 263 g/mol. The summed E-state index contributed by atoms with van der Waals surface area (Å²) >= 11 is 0. The highest BCUT2D eigenvalue weighted by atomic mass is 15.0. The van der Waals surface area contributed by atoms with E-state index in [0.29, 0.717) is 5.92 Å². The molecule has 0 saturated carbocycles. The molecule has 20 heavy (non-hydrogen) atoms. The maximum Gasteiger partial charge on any atom is 0.141 e. The first-order valence-corrected chi connectivity index (χ1v) is 6.77. The molecule has 1 atom stereocenters. The Morgan fingerprint density at radius 2 is 1.75 bits per heavy atom. The van der Waals surface area contributed by atoms with Crippen molar-refractivity contribution in [2.24, 2.45) is 5.92 Å². The van der Waals surface area contributed by atoms with Crippen LogP contribution in [0.15, 0.2) is 42.7 Å². The van der Waals surface area contributed by atoms with Crippen LogP contribution in [-0.4, -0.2) is 9.97 Å². The van der Waals surface area contributed by atoms with Crippen LogP contribution >= 0.6 is 0 Å². The minimum atomic E-state index is 0.413. The summed E-state index contributed by atoms with van der Waals surface area (Å²) in [6.45, 7) is 4.23. The van der Waals surface area contributed by atoms with Gasteiger partial charge in [-0.15, -0.1) is 0 Å². The maximum absolute atomic E-state index is 4.37. The molecule has 1 aromatic heterocycles. The number of hydrogen-bond acceptors (Lipinski definition) is 3. The van der Waals surface area contributed by atoms with E-state index in [4.69, 9.17) is 0 Å². The summed E-state index contributed by atoms with van der Waals surface area (Å²) in [5.41, 5.74) is 4.27. The van der Waals surface area contributed by atoms with Gasteiger partial charge in [-0.1, -0.05) is 42.8 Å². The molecule has 1 aliphatic carbocycles. The first-order valence-electron chi connectivity index (χ1n) is 6.77. The Kier molecular flexibility index (Phi) is 3.33. The van der Waals surface area contributed by atoms with Gasteiger partial charge in [-0.3, -0.25) is 0 Å². The topological polar surface area (TPSA) is 37.8 Å². The van der Waals surface area contributed by atoms with Crippen molar-refractivity contribution in [2.75, 3.05) is 5.32 Å². The number of benzene rings is 1. The van der Waals surface area contributed by atoms with Crippen molar-refractivity contribution in [1.29, 1.82) is 0 Å². The van der Waals surface area contributed by atoms with Crippen molar-refractivity contribution in [1.82, 2.24) is 9.97 Å². The number of anilines is 2. The smallest absolute Gasteiger partial charge is 0.141 e. The van der Waals surface area contributed by atoms with Gasteiger partial charge < -0.3 is 5.32 Å². The highest BCUT2D eigenvalue weighted by Gasteiger charge is 2.10. The van der Waals surface area contributed by atoms with E-state index < -0.39 is 0 Å². The molecule has 100 valence electrons. The average Bonchev–Trinajstić information content (AvgIpc) is 2.65. The van der Waals surface area contributed by atoms with Crippen molar-refractivity contribution < 1.29 is 0 Å². The minimum absolute atomic E-state index is 0.413. The Morgan fingerprint density at radius 3 is 2.55 bits per heavy atom. The number of fused-ring (bicyclic) bond motifs is 1. The molecule has 1 unspecified atom stereocenters. The molecule has 0 spiro atoms. The van der Waals surface area contributed by atoms with Gasteiger partial charge in [-0.25, -0.2) is 9.97 Å². The molecule has 1 N–H and O–H groups in total. The van der Waals surface area contributed by atoms with Gasteiger partial charge in [0, 0.05) is 11.3 Å². The summed E-state index contributed by atoms with van der Waals surface area (Å²) in [6.07, 6.45) is 10.1. The lowest BCUT2D eigenvalue weighted by atomic mass is 10.1. The second-order valence-electron chi connectivity index (χ2n) is 5.09. The van der Waals surface area contributed by atoms with Crippen molar-refractivity contribution in [3.05, 3.63) is 59.6 Å². The van der Waals surface area contributed by atoms with E-state index in [2.05, 4.69) is 77.7 Å². The first kappa shape index (κ1) is 12.6. The Labute approximate surface area is 119 Å². The Morgan fingerprint density at radius 1 is 1.00 bits per heavy atom. The molecule has 0 radical (unpaired) electrons. The highest BCUT2D eigenvalue weighted by molar-refractivity contribution is 5.75. The number of nitrogens with one attached hydrogen (secondary N) is 1. The molecule has 0 fully saturated rings. The van der Waals surface area contributed by atoms with Gasteiger partial charge in [0.15, 0.2) is 0 Å². The summed E-state index contributed by atoms with van der Waals surface area (Å²) in [5.74, 6) is 1.25. The second kappa shape index (κ2) is 5.29. The van der Waals surface area contributed by atoms with Gasteiger partial charge in [-0.2, -0.15) is 0 Å². The zero-order valence-electron chi connectivity index (χ0n) is 11.7. The summed E-state index contributed by atoms with van der Waals surface area (Å²) in [5, 5.41) is 3.37. The van der Waals surface area contributed by atoms with Crippen molar-refractivity contribution >= 4 is 23.7 Å². The van der Waals surface area contributed by atoms with Crippen LogP contribution in [0.4, 0.5) is 11.5 Å². The Bertz CT molecular complexity index is 669. The molecule has 1 heterocycles. The van der Waals surface area contributed by atoms with E-state index in [1.807, 2.05) is 0 Å². The molecule has 0 aliphatic heterocycles. The molecule has 0 saturated heterocycles. The number of rotatable bonds is 2. The largest absolute Gasteiger partial charge is 0.340 e. The van der Waals surface area contributed by atoms with E-state index in [-0.39, 0.29) is 0 Å². The third-order valence-electron chi connectivity index (χ3n) is 3.35. The molecule has 0 amide bonds. The lowest BCUT2D eigenvalue weighted by Gasteiger charge is -2.10. The van der Waals surface area contributed by atoms with Crippen LogP contribution in [0, 0.1) is 12.8 Å². The molecule has 3 heteroatoms. The van der Waals surface area contributed by atoms with Gasteiger partial charge in [0.1, 0.15) is 12.1 Å². The Hall–Kier alpha value is -2.42. The summed E-state index contributed by atoms with van der Waals surface area (Å²) in [4.78, 5) is 8.71. The normalized spacial score (nSPS) is 16.6. The zero-order valence-corrected chi connectivity index (χ0v) is 11.7. The minimum Gasteiger partial charge on any atom is -0.340 e. The van der Waals surface area contributed by atoms with Crippen LogP contribution in [0.5, 0.6) is 0 Å². The van der Waals surface area contributed by atoms with E-state index in [0.717, 1.165) is 22.8 Å². The Balaban J connectivity index is 1.97. The van der Waals surface area contributed by atoms with Gasteiger partial charge in [0.05, 0.1) is 5.69 Å². The summed E-state index contributed by atoms with van der Waals surface area (Å²) in [7, 11) is 0. The SMILES string of the molecule is Cc1ccc(Nc2ncnc3c2C=CC(C)C=C3)cc1. The number of hydrogen-bond donors (Lipinski definition) is 1. The molecular weight excluding hydrogens is 246 g/mol. The van der Waals surface area contributed by atoms with Crippen LogP contribution in [0.3, 0.4) is 0 Å². The standard InChI is InChI=1S/C17H17N3/c1-12-3-7-14(8-4-12)20-17-15-9-5-13(2)6-10-16(15)18-11-19-17/h3-11,13H,1-2H3,(H,18,19,20). The van der Waals surface area contributed by atoms with E-state index in [1.165, 1.54) is 5.56 Å². The molecule has 2 aromatic rings. The molecule has 1 aliphatic rings. The van der Waals surface area contributed by atoms with Crippen molar-refractivity contribution in [3.8, 4) is 0 Å². The van der Waals surface area contributed by atoms with Crippen LogP contribution in [0.2, 0.25) is 0 Å². The van der Waals surface area contributed by atoms with Gasteiger partial charge in [-0.05, 0) is 31.1 Å². The lowest BCUT2D eigenvalue weighted by Crippen LogP contribution is -1.99. The number of aromatic nitrogens is 2. The van der Waals surface area contributed by atoms with Crippen LogP contribution in [0.25, 0.3) is 12.2 Å². The van der Waals surface area contributed by atoms with Crippen molar-refractivity contribution in [3.63, 3.8) is 0 Å². The van der Waals surface area contributed by atoms with Gasteiger partial charge >= 0.3 is 0 Å². The average molecular weight is 263 g/mol. The number of aryl methyl sites for hydroxylation is 1. The third-order valence-corrected chi connectivity index (χ3v) is 3.35. The maximum atomic E-state index is 4.37. The molecule has 1 aromatic carbocycles. The third kappa shape index (κ3) is 2.62. The van der Waals surface area contributed by atoms with Crippen molar-refractivity contribution in [2.45, 2.75) is 13.8 Å². The molecule has 3 rings (SSSR count). The molecule has 0 bridgehead atoms. The van der Waals surface area contributed by atoms with E-state index >= 15 is 0 Å².